The molecule has 2 aromatic carbocycles. The molecular weight excluding hydrogens is 434 g/mol. The fraction of sp³-hybridized carbons (Fsp3) is 0.174. The van der Waals surface area contributed by atoms with Crippen LogP contribution in [0.4, 0.5) is 0 Å². The highest BCUT2D eigenvalue weighted by Crippen LogP contribution is 2.35. The molecule has 1 aromatic heterocycles. The number of thiocarbonyl (C=S) groups is 1. The average molecular weight is 454 g/mol. The molecule has 0 saturated carbocycles. The van der Waals surface area contributed by atoms with E-state index in [2.05, 4.69) is 13.8 Å². The lowest BCUT2D eigenvalue weighted by molar-refractivity contribution is -0.122. The molecule has 0 N–H and O–H groups in total. The van der Waals surface area contributed by atoms with Crippen molar-refractivity contribution < 1.29 is 4.79 Å². The van der Waals surface area contributed by atoms with E-state index in [1.807, 2.05) is 71.6 Å². The number of hydrogen-bond donors (Lipinski definition) is 0. The minimum Gasteiger partial charge on any atom is -0.293 e. The van der Waals surface area contributed by atoms with Crippen molar-refractivity contribution >= 4 is 51.9 Å². The Hall–Kier alpha value is -2.41. The molecule has 0 atom stereocenters. The van der Waals surface area contributed by atoms with Gasteiger partial charge in [-0.25, -0.2) is 4.68 Å². The van der Waals surface area contributed by atoms with Crippen molar-refractivity contribution in [3.63, 3.8) is 0 Å². The van der Waals surface area contributed by atoms with E-state index < -0.39 is 0 Å². The van der Waals surface area contributed by atoms with Gasteiger partial charge >= 0.3 is 0 Å². The van der Waals surface area contributed by atoms with E-state index in [0.29, 0.717) is 26.7 Å². The second-order valence-electron chi connectivity index (χ2n) is 7.41. The Bertz CT molecular complexity index is 1120. The van der Waals surface area contributed by atoms with E-state index in [0.717, 1.165) is 22.5 Å². The van der Waals surface area contributed by atoms with Crippen LogP contribution in [0.25, 0.3) is 23.0 Å². The van der Waals surface area contributed by atoms with Gasteiger partial charge in [-0.2, -0.15) is 5.10 Å². The highest BCUT2D eigenvalue weighted by molar-refractivity contribution is 8.26. The molecule has 4 nitrogen and oxygen atoms in total. The molecule has 7 heteroatoms. The number of rotatable bonds is 5. The molecule has 3 aromatic rings. The summed E-state index contributed by atoms with van der Waals surface area (Å²) in [6, 6.07) is 17.4. The number of aromatic nitrogens is 2. The number of thioether (sulfide) groups is 1. The third-order valence-corrected chi connectivity index (χ3v) is 6.22. The summed E-state index contributed by atoms with van der Waals surface area (Å²) >= 11 is 12.8. The molecule has 0 unspecified atom stereocenters. The van der Waals surface area contributed by atoms with Crippen LogP contribution < -0.4 is 0 Å². The lowest BCUT2D eigenvalue weighted by Crippen LogP contribution is -2.31. The molecule has 1 aliphatic rings. The molecule has 4 rings (SSSR count). The minimum absolute atomic E-state index is 0.0479. The highest BCUT2D eigenvalue weighted by Gasteiger charge is 2.32. The largest absolute Gasteiger partial charge is 0.293 e. The molecule has 1 amide bonds. The van der Waals surface area contributed by atoms with Crippen LogP contribution in [0.15, 0.2) is 65.7 Å². The van der Waals surface area contributed by atoms with E-state index in [1.165, 1.54) is 11.8 Å². The second-order valence-corrected chi connectivity index (χ2v) is 9.52. The van der Waals surface area contributed by atoms with Gasteiger partial charge in [0.05, 0.1) is 16.3 Å². The minimum atomic E-state index is -0.0479. The van der Waals surface area contributed by atoms with E-state index in [9.17, 15) is 4.79 Å². The third kappa shape index (κ3) is 4.36. The van der Waals surface area contributed by atoms with Gasteiger partial charge in [0, 0.05) is 28.9 Å². The Labute approximate surface area is 190 Å². The number of hydrogen-bond acceptors (Lipinski definition) is 4. The maximum Gasteiger partial charge on any atom is 0.266 e. The number of halogens is 1. The highest BCUT2D eigenvalue weighted by atomic mass is 35.5. The van der Waals surface area contributed by atoms with Crippen LogP contribution in [0.2, 0.25) is 5.02 Å². The van der Waals surface area contributed by atoms with E-state index in [4.69, 9.17) is 28.9 Å². The lowest BCUT2D eigenvalue weighted by atomic mass is 10.1. The Morgan fingerprint density at radius 3 is 2.50 bits per heavy atom. The monoisotopic (exact) mass is 453 g/mol. The number of amides is 1. The molecule has 1 fully saturated rings. The topological polar surface area (TPSA) is 38.1 Å². The summed E-state index contributed by atoms with van der Waals surface area (Å²) in [5, 5.41) is 5.46. The first-order valence-corrected chi connectivity index (χ1v) is 11.2. The molecule has 0 aliphatic carbocycles. The summed E-state index contributed by atoms with van der Waals surface area (Å²) < 4.78 is 2.42. The summed E-state index contributed by atoms with van der Waals surface area (Å²) in [5.41, 5.74) is 3.51. The van der Waals surface area contributed by atoms with Gasteiger partial charge in [0.25, 0.3) is 5.91 Å². The van der Waals surface area contributed by atoms with Gasteiger partial charge in [-0.3, -0.25) is 9.69 Å². The standard InChI is InChI=1S/C23H20ClN3OS2/c1-15(2)13-26-22(28)20(30-23(26)29)12-17-14-27(19-6-4-3-5-7-19)25-21(17)16-8-10-18(24)11-9-16/h3-12,14-15H,13H2,1-2H3/b20-12-. The molecule has 1 aliphatic heterocycles. The Kier molecular flexibility index (Phi) is 6.09. The number of carbonyl (C=O) groups is 1. The second kappa shape index (κ2) is 8.76. The Morgan fingerprint density at radius 2 is 1.83 bits per heavy atom. The Balaban J connectivity index is 1.78. The Morgan fingerprint density at radius 1 is 1.13 bits per heavy atom. The molecule has 0 radical (unpaired) electrons. The van der Waals surface area contributed by atoms with Gasteiger partial charge in [-0.1, -0.05) is 79.8 Å². The van der Waals surface area contributed by atoms with Crippen LogP contribution in [-0.4, -0.2) is 31.5 Å². The van der Waals surface area contributed by atoms with Crippen molar-refractivity contribution in [2.45, 2.75) is 13.8 Å². The van der Waals surface area contributed by atoms with E-state index in [1.54, 1.807) is 4.90 Å². The van der Waals surface area contributed by atoms with Gasteiger partial charge in [0.15, 0.2) is 0 Å². The fourth-order valence-corrected chi connectivity index (χ4v) is 4.59. The number of para-hydroxylation sites is 1. The van der Waals surface area contributed by atoms with Crippen molar-refractivity contribution in [2.75, 3.05) is 6.54 Å². The molecule has 0 bridgehead atoms. The van der Waals surface area contributed by atoms with Crippen molar-refractivity contribution in [1.29, 1.82) is 0 Å². The van der Waals surface area contributed by atoms with Gasteiger partial charge in [-0.15, -0.1) is 0 Å². The van der Waals surface area contributed by atoms with Crippen LogP contribution in [0.5, 0.6) is 0 Å². The molecular formula is C23H20ClN3OS2. The fourth-order valence-electron chi connectivity index (χ4n) is 3.20. The predicted octanol–water partition coefficient (Wildman–Crippen LogP) is 6.05. The van der Waals surface area contributed by atoms with E-state index in [-0.39, 0.29) is 5.91 Å². The summed E-state index contributed by atoms with van der Waals surface area (Å²) in [7, 11) is 0. The SMILES string of the molecule is CC(C)CN1C(=O)/C(=C/c2cn(-c3ccccc3)nc2-c2ccc(Cl)cc2)SC1=S. The summed E-state index contributed by atoms with van der Waals surface area (Å²) in [6.07, 6.45) is 3.82. The first-order chi connectivity index (χ1) is 14.4. The molecule has 0 spiro atoms. The first-order valence-electron chi connectivity index (χ1n) is 9.59. The quantitative estimate of drug-likeness (QED) is 0.348. The molecule has 2 heterocycles. The lowest BCUT2D eigenvalue weighted by Gasteiger charge is -2.16. The van der Waals surface area contributed by atoms with Gasteiger partial charge in [-0.05, 0) is 36.3 Å². The van der Waals surface area contributed by atoms with Crippen LogP contribution in [0, 0.1) is 5.92 Å². The number of carbonyl (C=O) groups excluding carboxylic acids is 1. The van der Waals surface area contributed by atoms with Crippen LogP contribution in [0.1, 0.15) is 19.4 Å². The summed E-state index contributed by atoms with van der Waals surface area (Å²) in [6.45, 7) is 4.77. The predicted molar refractivity (Wildman–Crippen MR) is 129 cm³/mol. The van der Waals surface area contributed by atoms with Gasteiger partial charge in [0.1, 0.15) is 4.32 Å². The van der Waals surface area contributed by atoms with Crippen LogP contribution in [0.3, 0.4) is 0 Å². The first kappa shape index (κ1) is 20.8. The van der Waals surface area contributed by atoms with Crippen molar-refractivity contribution in [2.24, 2.45) is 5.92 Å². The molecule has 1 saturated heterocycles. The average Bonchev–Trinajstić information content (AvgIpc) is 3.26. The van der Waals surface area contributed by atoms with Crippen molar-refractivity contribution in [3.8, 4) is 16.9 Å². The summed E-state index contributed by atoms with van der Waals surface area (Å²) in [4.78, 5) is 15.2. The van der Waals surface area contributed by atoms with Crippen molar-refractivity contribution in [3.05, 3.63) is 76.3 Å². The van der Waals surface area contributed by atoms with Crippen LogP contribution >= 0.6 is 35.6 Å². The maximum atomic E-state index is 12.9. The zero-order valence-corrected chi connectivity index (χ0v) is 19.0. The zero-order valence-electron chi connectivity index (χ0n) is 16.6. The zero-order chi connectivity index (χ0) is 21.3. The van der Waals surface area contributed by atoms with Crippen molar-refractivity contribution in [1.82, 2.24) is 14.7 Å². The smallest absolute Gasteiger partial charge is 0.266 e. The number of nitrogens with zero attached hydrogens (tertiary/aromatic N) is 3. The molecule has 152 valence electrons. The normalized spacial score (nSPS) is 15.6. The van der Waals surface area contributed by atoms with E-state index >= 15 is 0 Å². The molecule has 30 heavy (non-hydrogen) atoms. The van der Waals surface area contributed by atoms with Gasteiger partial charge < -0.3 is 0 Å². The third-order valence-electron chi connectivity index (χ3n) is 4.59. The van der Waals surface area contributed by atoms with Gasteiger partial charge in [0.2, 0.25) is 0 Å². The summed E-state index contributed by atoms with van der Waals surface area (Å²) in [5.74, 6) is 0.297. The number of benzene rings is 2. The maximum absolute atomic E-state index is 12.9. The van der Waals surface area contributed by atoms with Crippen LogP contribution in [-0.2, 0) is 4.79 Å².